The smallest absolute Gasteiger partial charge is 0.297 e. The Morgan fingerprint density at radius 3 is 1.50 bits per heavy atom. The lowest BCUT2D eigenvalue weighted by atomic mass is 9.35. The summed E-state index contributed by atoms with van der Waals surface area (Å²) in [6.07, 6.45) is 4.62. The van der Waals surface area contributed by atoms with Gasteiger partial charge in [0.1, 0.15) is 5.58 Å². The fourth-order valence-corrected chi connectivity index (χ4v) is 13.4. The third kappa shape index (κ3) is 7.03. The third-order valence-electron chi connectivity index (χ3n) is 17.8. The van der Waals surface area contributed by atoms with E-state index >= 15 is 0 Å². The van der Waals surface area contributed by atoms with Crippen LogP contribution in [0.2, 0.25) is 0 Å². The van der Waals surface area contributed by atoms with Crippen LogP contribution < -0.4 is 26.4 Å². The third-order valence-corrected chi connectivity index (χ3v) is 17.8. The zero-order chi connectivity index (χ0) is 50.2. The van der Waals surface area contributed by atoms with Crippen LogP contribution in [0.15, 0.2) is 95.4 Å². The van der Waals surface area contributed by atoms with Crippen molar-refractivity contribution in [3.05, 3.63) is 147 Å². The standard InChI is InChI=1S/C66H77BN2O/c1-38-29-40(3)57(41(4)30-38)45-34-47-49(65(15,16)27-25-63(47,11)12)36-52(45)69-53-37-50-48(64(13,14)26-28-66(50,17)18)35-51(53)67-58-54(31-39(2)32-55(58)69)68(44-22-19-42(20-23-44)61(5,6)7)59-46-33-43(62(8,9)10)21-24-56(46)70-60(59)67/h19-24,29-37H,25-28H2,1-18H3. The molecule has 3 nitrogen and oxygen atoms in total. The molecule has 0 saturated carbocycles. The molecule has 6 aromatic carbocycles. The van der Waals surface area contributed by atoms with E-state index < -0.39 is 0 Å². The Hall–Kier alpha value is -5.48. The number of hydrogen-bond acceptors (Lipinski definition) is 3. The minimum absolute atomic E-state index is 0.00882. The molecular formula is C66H77BN2O. The Kier molecular flexibility index (Phi) is 10.1. The monoisotopic (exact) mass is 925 g/mol. The summed E-state index contributed by atoms with van der Waals surface area (Å²) in [5.74, 6) is 0. The van der Waals surface area contributed by atoms with Crippen molar-refractivity contribution in [3.63, 3.8) is 0 Å². The maximum absolute atomic E-state index is 7.50. The van der Waals surface area contributed by atoms with E-state index in [0.717, 1.165) is 42.6 Å². The first-order valence-electron chi connectivity index (χ1n) is 26.5. The molecule has 0 unspecified atom stereocenters. The van der Waals surface area contributed by atoms with Gasteiger partial charge in [0.05, 0.1) is 17.0 Å². The number of hydrogen-bond donors (Lipinski definition) is 0. The maximum atomic E-state index is 7.50. The van der Waals surface area contributed by atoms with Gasteiger partial charge in [0, 0.05) is 33.7 Å². The van der Waals surface area contributed by atoms with E-state index in [2.05, 4.69) is 225 Å². The van der Waals surface area contributed by atoms with Crippen molar-refractivity contribution >= 4 is 68.4 Å². The normalized spacial score (nSPS) is 18.3. The number of nitrogens with zero attached hydrogens (tertiary/aromatic N) is 2. The first-order chi connectivity index (χ1) is 32.6. The second kappa shape index (κ2) is 15.0. The number of benzene rings is 6. The number of fused-ring (bicyclic) bond motifs is 8. The van der Waals surface area contributed by atoms with Crippen LogP contribution in [-0.2, 0) is 32.5 Å². The summed E-state index contributed by atoms with van der Waals surface area (Å²) < 4.78 is 7.50. The van der Waals surface area contributed by atoms with E-state index in [-0.39, 0.29) is 39.2 Å². The predicted octanol–water partition coefficient (Wildman–Crippen LogP) is 16.7. The van der Waals surface area contributed by atoms with Crippen molar-refractivity contribution in [2.45, 2.75) is 183 Å². The molecule has 7 aromatic rings. The van der Waals surface area contributed by atoms with Crippen LogP contribution in [0.4, 0.5) is 34.1 Å². The fourth-order valence-electron chi connectivity index (χ4n) is 13.4. The van der Waals surface area contributed by atoms with E-state index in [4.69, 9.17) is 4.42 Å². The van der Waals surface area contributed by atoms with Crippen molar-refractivity contribution in [1.82, 2.24) is 0 Å². The van der Waals surface area contributed by atoms with Crippen LogP contribution in [-0.4, -0.2) is 6.71 Å². The lowest BCUT2D eigenvalue weighted by Crippen LogP contribution is -2.61. The molecule has 0 fully saturated rings. The van der Waals surface area contributed by atoms with Gasteiger partial charge < -0.3 is 14.2 Å². The van der Waals surface area contributed by atoms with Crippen molar-refractivity contribution in [2.24, 2.45) is 0 Å². The van der Waals surface area contributed by atoms with Gasteiger partial charge in [0.25, 0.3) is 6.71 Å². The second-order valence-electron chi connectivity index (χ2n) is 27.1. The molecule has 4 heteroatoms. The van der Waals surface area contributed by atoms with Crippen LogP contribution in [0.5, 0.6) is 0 Å². The minimum atomic E-state index is -0.132. The zero-order valence-electron chi connectivity index (χ0n) is 45.9. The Bertz CT molecular complexity index is 3320. The van der Waals surface area contributed by atoms with E-state index in [1.807, 2.05) is 0 Å². The van der Waals surface area contributed by atoms with Gasteiger partial charge in [-0.15, -0.1) is 0 Å². The SMILES string of the molecule is Cc1cc(C)c(-c2cc3c(cc2N2c4cc5c(cc4B4c6oc7ccc(C(C)(C)C)cc7c6N(c6ccc(C(C)(C)C)cc6)c6cc(C)cc2c64)C(C)(C)CCC5(C)C)C(C)(C)CCC3(C)C)c(C)c1. The molecule has 70 heavy (non-hydrogen) atoms. The van der Waals surface area contributed by atoms with Gasteiger partial charge in [-0.1, -0.05) is 139 Å². The van der Waals surface area contributed by atoms with E-state index in [9.17, 15) is 0 Å². The van der Waals surface area contributed by atoms with Crippen LogP contribution in [0.1, 0.15) is 178 Å². The highest BCUT2D eigenvalue weighted by molar-refractivity contribution is 7.00. The zero-order valence-corrected chi connectivity index (χ0v) is 45.9. The van der Waals surface area contributed by atoms with Gasteiger partial charge in [0.2, 0.25) is 0 Å². The molecule has 0 atom stereocenters. The molecule has 4 aliphatic rings. The van der Waals surface area contributed by atoms with Crippen molar-refractivity contribution in [1.29, 1.82) is 0 Å². The van der Waals surface area contributed by atoms with Crippen molar-refractivity contribution < 1.29 is 4.42 Å². The Morgan fingerprint density at radius 2 is 0.957 bits per heavy atom. The largest absolute Gasteiger partial charge is 0.468 e. The van der Waals surface area contributed by atoms with Crippen LogP contribution in [0.25, 0.3) is 22.1 Å². The average Bonchev–Trinajstić information content (AvgIpc) is 3.64. The maximum Gasteiger partial charge on any atom is 0.297 e. The second-order valence-corrected chi connectivity index (χ2v) is 27.1. The first kappa shape index (κ1) is 46.9. The van der Waals surface area contributed by atoms with Crippen molar-refractivity contribution in [3.8, 4) is 11.1 Å². The van der Waals surface area contributed by atoms with E-state index in [1.165, 1.54) is 112 Å². The van der Waals surface area contributed by atoms with Crippen molar-refractivity contribution in [2.75, 3.05) is 9.80 Å². The van der Waals surface area contributed by atoms with Gasteiger partial charge >= 0.3 is 0 Å². The van der Waals surface area contributed by atoms with E-state index in [0.29, 0.717) is 0 Å². The summed E-state index contributed by atoms with van der Waals surface area (Å²) in [5, 5.41) is 1.17. The fraction of sp³-hybridized carbons (Fsp3) is 0.424. The molecule has 0 saturated heterocycles. The molecular weight excluding hydrogens is 848 g/mol. The summed E-state index contributed by atoms with van der Waals surface area (Å²) >= 11 is 0. The molecule has 1 aromatic heterocycles. The lowest BCUT2D eigenvalue weighted by molar-refractivity contribution is 0.332. The molecule has 2 aliphatic carbocycles. The number of furan rings is 1. The van der Waals surface area contributed by atoms with Gasteiger partial charge in [-0.2, -0.15) is 0 Å². The summed E-state index contributed by atoms with van der Waals surface area (Å²) in [4.78, 5) is 5.32. The Labute approximate surface area is 421 Å². The number of anilines is 6. The molecule has 2 aliphatic heterocycles. The quantitative estimate of drug-likeness (QED) is 0.165. The highest BCUT2D eigenvalue weighted by atomic mass is 16.3. The molecule has 11 rings (SSSR count). The van der Waals surface area contributed by atoms with Crippen LogP contribution in [0, 0.1) is 27.7 Å². The van der Waals surface area contributed by atoms with Gasteiger partial charge in [-0.25, -0.2) is 0 Å². The number of rotatable bonds is 3. The summed E-state index contributed by atoms with van der Waals surface area (Å²) in [6, 6.07) is 36.8. The van der Waals surface area contributed by atoms with Gasteiger partial charge in [-0.3, -0.25) is 0 Å². The van der Waals surface area contributed by atoms with E-state index in [1.54, 1.807) is 0 Å². The Balaban J connectivity index is 1.32. The van der Waals surface area contributed by atoms with Gasteiger partial charge in [-0.05, 0) is 207 Å². The summed E-state index contributed by atoms with van der Waals surface area (Å²) in [5.41, 5.74) is 28.5. The summed E-state index contributed by atoms with van der Waals surface area (Å²) in [6.45, 7) is 42.8. The Morgan fingerprint density at radius 1 is 0.486 bits per heavy atom. The van der Waals surface area contributed by atoms with Crippen LogP contribution in [0.3, 0.4) is 0 Å². The highest BCUT2D eigenvalue weighted by Gasteiger charge is 2.50. The predicted molar refractivity (Wildman–Crippen MR) is 303 cm³/mol. The van der Waals surface area contributed by atoms with Crippen LogP contribution >= 0.6 is 0 Å². The first-order valence-corrected chi connectivity index (χ1v) is 26.5. The molecule has 0 N–H and O–H groups in total. The molecule has 0 amide bonds. The molecule has 0 spiro atoms. The van der Waals surface area contributed by atoms with Gasteiger partial charge in [0.15, 0.2) is 0 Å². The molecule has 360 valence electrons. The topological polar surface area (TPSA) is 19.6 Å². The molecule has 0 radical (unpaired) electrons. The highest BCUT2D eigenvalue weighted by Crippen LogP contribution is 2.56. The summed E-state index contributed by atoms with van der Waals surface area (Å²) in [7, 11) is 0. The lowest BCUT2D eigenvalue weighted by Gasteiger charge is -2.47. The minimum Gasteiger partial charge on any atom is -0.468 e. The average molecular weight is 925 g/mol. The molecule has 3 heterocycles. The number of aryl methyl sites for hydroxylation is 4. The molecule has 0 bridgehead atoms.